The van der Waals surface area contributed by atoms with Crippen LogP contribution < -0.4 is 0 Å². The monoisotopic (exact) mass is 400 g/mol. The van der Waals surface area contributed by atoms with Gasteiger partial charge in [-0.1, -0.05) is 37.9 Å². The molecule has 0 spiro atoms. The van der Waals surface area contributed by atoms with Crippen molar-refractivity contribution in [3.63, 3.8) is 0 Å². The van der Waals surface area contributed by atoms with Gasteiger partial charge in [-0.2, -0.15) is 0 Å². The van der Waals surface area contributed by atoms with Crippen molar-refractivity contribution in [2.75, 3.05) is 46.5 Å². The molecule has 154 valence electrons. The van der Waals surface area contributed by atoms with E-state index in [1.165, 1.54) is 6.42 Å². The molecule has 0 unspecified atom stereocenters. The molecule has 0 radical (unpaired) electrons. The maximum Gasteiger partial charge on any atom is 0.249 e. The van der Waals surface area contributed by atoms with Gasteiger partial charge in [0.2, 0.25) is 5.91 Å². The van der Waals surface area contributed by atoms with Gasteiger partial charge in [0.1, 0.15) is 0 Å². The van der Waals surface area contributed by atoms with E-state index in [0.717, 1.165) is 29.8 Å². The molecule has 1 N–H and O–H groups in total. The van der Waals surface area contributed by atoms with Crippen LogP contribution in [0.15, 0.2) is 23.8 Å². The molecule has 4 nitrogen and oxygen atoms in total. The molecule has 1 aromatic carbocycles. The lowest BCUT2D eigenvalue weighted by Crippen LogP contribution is -2.49. The summed E-state index contributed by atoms with van der Waals surface area (Å²) in [6.45, 7) is 12.0. The number of hydrogen-bond acceptors (Lipinski definition) is 3. The number of halogens is 2. The Bertz CT molecular complexity index is 586. The van der Waals surface area contributed by atoms with Gasteiger partial charge in [-0.3, -0.25) is 14.1 Å². The highest BCUT2D eigenvalue weighted by atomic mass is 35.5. The zero-order chi connectivity index (χ0) is 20.8. The van der Waals surface area contributed by atoms with Gasteiger partial charge in [0.05, 0.1) is 13.8 Å². The number of benzene rings is 1. The number of rotatable bonds is 4. The molecular formula is C21H34ClFN2O2. The second-order valence-corrected chi connectivity index (χ2v) is 6.83. The van der Waals surface area contributed by atoms with Crippen molar-refractivity contribution in [1.82, 2.24) is 9.80 Å². The third kappa shape index (κ3) is 9.36. The lowest BCUT2D eigenvalue weighted by atomic mass is 10.1. The van der Waals surface area contributed by atoms with Gasteiger partial charge in [0, 0.05) is 43.3 Å². The normalized spacial score (nSPS) is 14.7. The van der Waals surface area contributed by atoms with Crippen LogP contribution in [0.2, 0.25) is 5.02 Å². The van der Waals surface area contributed by atoms with Crippen LogP contribution in [0.3, 0.4) is 0 Å². The second kappa shape index (κ2) is 14.6. The van der Waals surface area contributed by atoms with Gasteiger partial charge in [-0.15, -0.1) is 0 Å². The van der Waals surface area contributed by atoms with E-state index in [-0.39, 0.29) is 12.5 Å². The summed E-state index contributed by atoms with van der Waals surface area (Å²) in [5.74, 6) is 0.0722. The predicted octanol–water partition coefficient (Wildman–Crippen LogP) is 4.19. The number of β-amino-alcohol motifs (C(OH)–C–C–N with tert-alkyl or cyclic N) is 1. The molecule has 1 aliphatic heterocycles. The maximum atomic E-state index is 12.5. The number of aliphatic hydroxyl groups excluding tert-OH is 1. The van der Waals surface area contributed by atoms with Crippen molar-refractivity contribution in [3.8, 4) is 0 Å². The van der Waals surface area contributed by atoms with E-state index >= 15 is 0 Å². The smallest absolute Gasteiger partial charge is 0.249 e. The van der Waals surface area contributed by atoms with Crippen molar-refractivity contribution in [2.24, 2.45) is 0 Å². The highest BCUT2D eigenvalue weighted by Crippen LogP contribution is 2.19. The lowest BCUT2D eigenvalue weighted by molar-refractivity contribution is -0.128. The molecule has 0 saturated carbocycles. The van der Waals surface area contributed by atoms with Crippen LogP contribution in [0.1, 0.15) is 38.3 Å². The van der Waals surface area contributed by atoms with Crippen LogP contribution in [0.4, 0.5) is 4.39 Å². The fourth-order valence-corrected chi connectivity index (χ4v) is 2.81. The number of alkyl halides is 1. The number of carbonyl (C=O) groups is 1. The van der Waals surface area contributed by atoms with Gasteiger partial charge in [0.15, 0.2) is 0 Å². The number of amides is 1. The molecule has 6 heteroatoms. The fourth-order valence-electron chi connectivity index (χ4n) is 2.63. The van der Waals surface area contributed by atoms with E-state index < -0.39 is 0 Å². The summed E-state index contributed by atoms with van der Waals surface area (Å²) in [7, 11) is 0.500. The van der Waals surface area contributed by atoms with Crippen LogP contribution in [0, 0.1) is 6.92 Å². The summed E-state index contributed by atoms with van der Waals surface area (Å²) in [5, 5.41) is 9.63. The first kappa shape index (κ1) is 25.6. The van der Waals surface area contributed by atoms with E-state index in [1.54, 1.807) is 0 Å². The van der Waals surface area contributed by atoms with Gasteiger partial charge in [-0.05, 0) is 43.2 Å². The minimum absolute atomic E-state index is 0.0722. The van der Waals surface area contributed by atoms with Crippen LogP contribution in [-0.2, 0) is 4.79 Å². The Morgan fingerprint density at radius 1 is 1.22 bits per heavy atom. The van der Waals surface area contributed by atoms with Crippen molar-refractivity contribution in [2.45, 2.75) is 34.1 Å². The van der Waals surface area contributed by atoms with Crippen LogP contribution in [-0.4, -0.2) is 67.3 Å². The van der Waals surface area contributed by atoms with Crippen LogP contribution in [0.25, 0.3) is 6.08 Å². The topological polar surface area (TPSA) is 43.8 Å². The number of aryl methyl sites for hydroxylation is 1. The number of aliphatic hydroxyl groups is 1. The molecule has 0 atom stereocenters. The number of hydrogen-bond donors (Lipinski definition) is 1. The van der Waals surface area contributed by atoms with E-state index in [2.05, 4.69) is 18.7 Å². The molecule has 0 aromatic heterocycles. The second-order valence-electron chi connectivity index (χ2n) is 6.39. The van der Waals surface area contributed by atoms with Gasteiger partial charge in [-0.25, -0.2) is 0 Å². The maximum absolute atomic E-state index is 12.5. The Kier molecular flexibility index (Phi) is 13.8. The summed E-state index contributed by atoms with van der Waals surface area (Å²) in [4.78, 5) is 16.6. The third-order valence-corrected chi connectivity index (χ3v) is 4.26. The molecule has 27 heavy (non-hydrogen) atoms. The summed E-state index contributed by atoms with van der Waals surface area (Å²) >= 11 is 6.02. The molecule has 1 aromatic rings. The van der Waals surface area contributed by atoms with Gasteiger partial charge >= 0.3 is 0 Å². The Balaban J connectivity index is 0.00000123. The van der Waals surface area contributed by atoms with E-state index in [1.807, 2.05) is 43.0 Å². The average molecular weight is 401 g/mol. The van der Waals surface area contributed by atoms with Gasteiger partial charge in [0.25, 0.3) is 0 Å². The molecule has 1 aliphatic rings. The first-order chi connectivity index (χ1) is 12.9. The summed E-state index contributed by atoms with van der Waals surface area (Å²) in [6, 6.07) is 5.69. The Morgan fingerprint density at radius 3 is 2.30 bits per heavy atom. The SMILES string of the molecule is C/C(=C\c1cc(Cl)ccc1C)C(=O)N1CCN(CCO)CC1.CCC.CF. The van der Waals surface area contributed by atoms with E-state index in [4.69, 9.17) is 16.7 Å². The minimum atomic E-state index is 0.0722. The van der Waals surface area contributed by atoms with Crippen molar-refractivity contribution in [3.05, 3.63) is 39.9 Å². The zero-order valence-electron chi connectivity index (χ0n) is 17.3. The largest absolute Gasteiger partial charge is 0.395 e. The average Bonchev–Trinajstić information content (AvgIpc) is 2.67. The molecule has 0 aliphatic carbocycles. The molecule has 1 saturated heterocycles. The first-order valence-electron chi connectivity index (χ1n) is 9.37. The minimum Gasteiger partial charge on any atom is -0.395 e. The number of piperazine rings is 1. The number of carbonyl (C=O) groups excluding carboxylic acids is 1. The molecule has 0 bridgehead atoms. The van der Waals surface area contributed by atoms with Crippen molar-refractivity contribution >= 4 is 23.6 Å². The highest BCUT2D eigenvalue weighted by Gasteiger charge is 2.21. The zero-order valence-corrected chi connectivity index (χ0v) is 18.0. The summed E-state index contributed by atoms with van der Waals surface area (Å²) in [5.41, 5.74) is 2.81. The molecule has 1 fully saturated rings. The summed E-state index contributed by atoms with van der Waals surface area (Å²) in [6.07, 6.45) is 3.16. The molecular weight excluding hydrogens is 367 g/mol. The Hall–Kier alpha value is -1.43. The summed E-state index contributed by atoms with van der Waals surface area (Å²) < 4.78 is 9.50. The predicted molar refractivity (Wildman–Crippen MR) is 113 cm³/mol. The van der Waals surface area contributed by atoms with E-state index in [0.29, 0.717) is 31.8 Å². The third-order valence-electron chi connectivity index (χ3n) is 4.03. The van der Waals surface area contributed by atoms with Gasteiger partial charge < -0.3 is 10.0 Å². The van der Waals surface area contributed by atoms with E-state index in [9.17, 15) is 9.18 Å². The Morgan fingerprint density at radius 2 is 1.78 bits per heavy atom. The van der Waals surface area contributed by atoms with Crippen molar-refractivity contribution < 1.29 is 14.3 Å². The lowest BCUT2D eigenvalue weighted by Gasteiger charge is -2.34. The molecule has 1 amide bonds. The molecule has 1 heterocycles. The van der Waals surface area contributed by atoms with Crippen LogP contribution >= 0.6 is 11.6 Å². The van der Waals surface area contributed by atoms with Crippen molar-refractivity contribution in [1.29, 1.82) is 0 Å². The quantitative estimate of drug-likeness (QED) is 0.770. The first-order valence-corrected chi connectivity index (χ1v) is 9.75. The standard InChI is InChI=1S/C17H23ClN2O2.C3H8.CH3F/c1-13-3-4-16(18)12-15(13)11-14(2)17(22)20-7-5-19(6-8-20)9-10-21;1-3-2;1-2/h3-4,11-12,21H,5-10H2,1-2H3;3H2,1-2H3;1H3/b14-11+;;. The highest BCUT2D eigenvalue weighted by molar-refractivity contribution is 6.30. The fraction of sp³-hybridized carbons (Fsp3) is 0.571. The Labute approximate surface area is 168 Å². The van der Waals surface area contributed by atoms with Crippen LogP contribution in [0.5, 0.6) is 0 Å². The molecule has 2 rings (SSSR count). The number of nitrogens with zero attached hydrogens (tertiary/aromatic N) is 2.